The van der Waals surface area contributed by atoms with E-state index in [0.29, 0.717) is 5.75 Å². The number of carbonyl (C=O) groups excluding carboxylic acids is 1. The van der Waals surface area contributed by atoms with Gasteiger partial charge in [-0.1, -0.05) is 24.3 Å². The van der Waals surface area contributed by atoms with Crippen molar-refractivity contribution in [2.75, 3.05) is 0 Å². The van der Waals surface area contributed by atoms with Crippen LogP contribution in [0.15, 0.2) is 73.1 Å². The number of amides is 1. The van der Waals surface area contributed by atoms with Crippen LogP contribution in [-0.4, -0.2) is 20.4 Å². The molecular weight excluding hydrogens is 397 g/mol. The van der Waals surface area contributed by atoms with Crippen molar-refractivity contribution in [3.63, 3.8) is 0 Å². The number of nitrogens with two attached hydrogens (primary N) is 1. The van der Waals surface area contributed by atoms with E-state index in [4.69, 9.17) is 10.5 Å². The Kier molecular flexibility index (Phi) is 4.86. The second-order valence-corrected chi connectivity index (χ2v) is 6.43. The first-order chi connectivity index (χ1) is 14.4. The minimum Gasteiger partial charge on any atom is -0.457 e. The van der Waals surface area contributed by atoms with Crippen molar-refractivity contribution in [2.45, 2.75) is 12.2 Å². The first-order valence-corrected chi connectivity index (χ1v) is 8.85. The zero-order valence-electron chi connectivity index (χ0n) is 15.4. The molecule has 1 atom stereocenters. The molecular formula is C21H15F3N4O2. The van der Waals surface area contributed by atoms with Gasteiger partial charge >= 0.3 is 6.05 Å². The van der Waals surface area contributed by atoms with Crippen molar-refractivity contribution in [3.8, 4) is 11.5 Å². The SMILES string of the molecule is NC(=O)c1nc2ccccc2n1C(F)(F)C(F)c1cccc(Oc2ccncc2)c1. The van der Waals surface area contributed by atoms with Crippen molar-refractivity contribution in [1.82, 2.24) is 14.5 Å². The van der Waals surface area contributed by atoms with E-state index in [1.54, 1.807) is 18.2 Å². The fourth-order valence-electron chi connectivity index (χ4n) is 3.08. The van der Waals surface area contributed by atoms with Crippen LogP contribution in [-0.2, 0) is 6.05 Å². The third kappa shape index (κ3) is 3.45. The van der Waals surface area contributed by atoms with Gasteiger partial charge in [0.25, 0.3) is 5.91 Å². The van der Waals surface area contributed by atoms with Crippen LogP contribution in [0.5, 0.6) is 11.5 Å². The lowest BCUT2D eigenvalue weighted by atomic mass is 10.1. The number of para-hydroxylation sites is 2. The number of ether oxygens (including phenoxy) is 1. The van der Waals surface area contributed by atoms with E-state index >= 15 is 13.2 Å². The molecule has 6 nitrogen and oxygen atoms in total. The topological polar surface area (TPSA) is 83.0 Å². The monoisotopic (exact) mass is 412 g/mol. The van der Waals surface area contributed by atoms with E-state index in [1.807, 2.05) is 0 Å². The molecule has 0 aliphatic heterocycles. The molecule has 2 N–H and O–H groups in total. The summed E-state index contributed by atoms with van der Waals surface area (Å²) in [6.45, 7) is 0. The van der Waals surface area contributed by atoms with Crippen molar-refractivity contribution in [2.24, 2.45) is 5.73 Å². The van der Waals surface area contributed by atoms with Crippen LogP contribution in [0.4, 0.5) is 13.2 Å². The molecule has 0 aliphatic carbocycles. The van der Waals surface area contributed by atoms with Gasteiger partial charge in [-0.25, -0.2) is 9.37 Å². The van der Waals surface area contributed by atoms with Crippen LogP contribution in [0.3, 0.4) is 0 Å². The summed E-state index contributed by atoms with van der Waals surface area (Å²) in [4.78, 5) is 19.4. The number of carbonyl (C=O) groups is 1. The molecule has 0 saturated heterocycles. The van der Waals surface area contributed by atoms with Crippen molar-refractivity contribution in [1.29, 1.82) is 0 Å². The average molecular weight is 412 g/mol. The van der Waals surface area contributed by atoms with Gasteiger partial charge in [0.05, 0.1) is 11.0 Å². The van der Waals surface area contributed by atoms with E-state index in [1.165, 1.54) is 54.9 Å². The Hall–Kier alpha value is -3.88. The molecule has 4 rings (SSSR count). The third-order valence-electron chi connectivity index (χ3n) is 4.42. The van der Waals surface area contributed by atoms with Crippen LogP contribution in [0.2, 0.25) is 0 Å². The van der Waals surface area contributed by atoms with Gasteiger partial charge in [-0.15, -0.1) is 0 Å². The van der Waals surface area contributed by atoms with E-state index in [9.17, 15) is 4.79 Å². The number of imidazole rings is 1. The lowest BCUT2D eigenvalue weighted by molar-refractivity contribution is -0.143. The summed E-state index contributed by atoms with van der Waals surface area (Å²) in [6, 6.07) is 10.1. The minimum absolute atomic E-state index is 0.105. The normalized spacial score (nSPS) is 12.6. The van der Waals surface area contributed by atoms with Gasteiger partial charge in [-0.3, -0.25) is 14.3 Å². The second kappa shape index (κ2) is 7.51. The molecule has 2 heterocycles. The first-order valence-electron chi connectivity index (χ1n) is 8.85. The number of aromatic nitrogens is 3. The number of rotatable bonds is 6. The Morgan fingerprint density at radius 3 is 2.50 bits per heavy atom. The highest BCUT2D eigenvalue weighted by molar-refractivity contribution is 5.93. The lowest BCUT2D eigenvalue weighted by Crippen LogP contribution is -2.33. The molecule has 0 saturated carbocycles. The van der Waals surface area contributed by atoms with Crippen LogP contribution < -0.4 is 10.5 Å². The Bertz CT molecular complexity index is 1210. The highest BCUT2D eigenvalue weighted by atomic mass is 19.3. The summed E-state index contributed by atoms with van der Waals surface area (Å²) in [5.41, 5.74) is 4.88. The van der Waals surface area contributed by atoms with E-state index in [2.05, 4.69) is 9.97 Å². The molecule has 0 aliphatic rings. The molecule has 0 bridgehead atoms. The van der Waals surface area contributed by atoms with Gasteiger partial charge in [0.1, 0.15) is 11.5 Å². The van der Waals surface area contributed by atoms with Crippen LogP contribution in [0.25, 0.3) is 11.0 Å². The lowest BCUT2D eigenvalue weighted by Gasteiger charge is -2.24. The highest BCUT2D eigenvalue weighted by Gasteiger charge is 2.46. The molecule has 0 fully saturated rings. The number of fused-ring (bicyclic) bond motifs is 1. The number of alkyl halides is 3. The molecule has 0 spiro atoms. The Morgan fingerprint density at radius 2 is 1.77 bits per heavy atom. The highest BCUT2D eigenvalue weighted by Crippen LogP contribution is 2.42. The Balaban J connectivity index is 1.74. The molecule has 0 radical (unpaired) electrons. The van der Waals surface area contributed by atoms with Crippen molar-refractivity contribution < 1.29 is 22.7 Å². The van der Waals surface area contributed by atoms with Crippen molar-refractivity contribution >= 4 is 16.9 Å². The standard InChI is InChI=1S/C21H15F3N4O2/c22-18(13-4-3-5-15(12-13)30-14-8-10-26-11-9-14)21(23,24)28-17-7-2-1-6-16(17)27-20(28)19(25)29/h1-12,18H,(H2,25,29). The molecule has 4 aromatic rings. The Labute approximate surface area is 168 Å². The maximum absolute atomic E-state index is 15.3. The molecule has 30 heavy (non-hydrogen) atoms. The quantitative estimate of drug-likeness (QED) is 0.502. The molecule has 9 heteroatoms. The number of benzene rings is 2. The Morgan fingerprint density at radius 1 is 1.03 bits per heavy atom. The first kappa shape index (κ1) is 19.4. The van der Waals surface area contributed by atoms with E-state index in [0.717, 1.165) is 0 Å². The van der Waals surface area contributed by atoms with Gasteiger partial charge in [0.2, 0.25) is 12.0 Å². The fourth-order valence-corrected chi connectivity index (χ4v) is 3.08. The van der Waals surface area contributed by atoms with Crippen molar-refractivity contribution in [3.05, 3.63) is 84.4 Å². The number of pyridine rings is 1. The maximum Gasteiger partial charge on any atom is 0.366 e. The summed E-state index contributed by atoms with van der Waals surface area (Å²) in [7, 11) is 0. The average Bonchev–Trinajstić information content (AvgIpc) is 3.15. The van der Waals surface area contributed by atoms with E-state index < -0.39 is 23.9 Å². The summed E-state index contributed by atoms with van der Waals surface area (Å²) in [5.74, 6) is -1.33. The van der Waals surface area contributed by atoms with Gasteiger partial charge in [-0.05, 0) is 42.0 Å². The third-order valence-corrected chi connectivity index (χ3v) is 4.42. The number of nitrogens with zero attached hydrogens (tertiary/aromatic N) is 3. The minimum atomic E-state index is -4.14. The molecule has 152 valence electrons. The summed E-state index contributed by atoms with van der Waals surface area (Å²) in [6.07, 6.45) is 0.205. The summed E-state index contributed by atoms with van der Waals surface area (Å²) < 4.78 is 51.5. The summed E-state index contributed by atoms with van der Waals surface area (Å²) >= 11 is 0. The number of hydrogen-bond donors (Lipinski definition) is 1. The van der Waals surface area contributed by atoms with Crippen LogP contribution in [0, 0.1) is 0 Å². The molecule has 2 aromatic heterocycles. The summed E-state index contributed by atoms with van der Waals surface area (Å²) in [5, 5.41) is 0. The smallest absolute Gasteiger partial charge is 0.366 e. The van der Waals surface area contributed by atoms with Gasteiger partial charge < -0.3 is 10.5 Å². The number of primary amides is 1. The molecule has 2 aromatic carbocycles. The zero-order valence-corrected chi connectivity index (χ0v) is 15.4. The number of hydrogen-bond acceptors (Lipinski definition) is 4. The van der Waals surface area contributed by atoms with Gasteiger partial charge in [0.15, 0.2) is 0 Å². The fraction of sp³-hybridized carbons (Fsp3) is 0.0952. The van der Waals surface area contributed by atoms with E-state index in [-0.39, 0.29) is 26.9 Å². The van der Waals surface area contributed by atoms with Gasteiger partial charge in [0, 0.05) is 12.4 Å². The van der Waals surface area contributed by atoms with Crippen LogP contribution >= 0.6 is 0 Å². The largest absolute Gasteiger partial charge is 0.457 e. The predicted octanol–water partition coefficient (Wildman–Crippen LogP) is 4.58. The number of halogens is 3. The molecule has 1 unspecified atom stereocenters. The predicted molar refractivity (Wildman–Crippen MR) is 103 cm³/mol. The zero-order chi connectivity index (χ0) is 21.3. The maximum atomic E-state index is 15.3. The van der Waals surface area contributed by atoms with Gasteiger partial charge in [-0.2, -0.15) is 8.78 Å². The molecule has 1 amide bonds. The second-order valence-electron chi connectivity index (χ2n) is 6.43. The van der Waals surface area contributed by atoms with Crippen LogP contribution in [0.1, 0.15) is 22.4 Å².